The summed E-state index contributed by atoms with van der Waals surface area (Å²) in [5, 5.41) is 5.72. The second-order valence-corrected chi connectivity index (χ2v) is 5.97. The van der Waals surface area contributed by atoms with Crippen LogP contribution in [-0.4, -0.2) is 22.6 Å². The molecule has 0 amide bonds. The molecule has 6 nitrogen and oxygen atoms in total. The van der Waals surface area contributed by atoms with E-state index < -0.39 is 10.0 Å². The zero-order valence-electron chi connectivity index (χ0n) is 9.41. The van der Waals surface area contributed by atoms with E-state index in [0.29, 0.717) is 5.69 Å². The van der Waals surface area contributed by atoms with Crippen LogP contribution in [0.25, 0.3) is 0 Å². The summed E-state index contributed by atoms with van der Waals surface area (Å²) in [7, 11) is -1.80. The van der Waals surface area contributed by atoms with Crippen molar-refractivity contribution in [2.75, 3.05) is 0 Å². The first-order chi connectivity index (χ1) is 8.00. The van der Waals surface area contributed by atoms with E-state index in [1.807, 2.05) is 0 Å². The molecule has 0 spiro atoms. The first-order valence-corrected chi connectivity index (χ1v) is 7.19. The highest BCUT2D eigenvalue weighted by atomic mass is 32.2. The first-order valence-electron chi connectivity index (χ1n) is 4.87. The van der Waals surface area contributed by atoms with Crippen molar-refractivity contribution < 1.29 is 8.42 Å². The van der Waals surface area contributed by atoms with Gasteiger partial charge in [0.05, 0.1) is 11.9 Å². The van der Waals surface area contributed by atoms with Crippen molar-refractivity contribution in [2.24, 2.45) is 7.05 Å². The second-order valence-electron chi connectivity index (χ2n) is 3.58. The van der Waals surface area contributed by atoms with Gasteiger partial charge in [-0.2, -0.15) is 5.10 Å². The maximum atomic E-state index is 12.0. The summed E-state index contributed by atoms with van der Waals surface area (Å²) < 4.78 is 31.9. The lowest BCUT2D eigenvalue weighted by atomic mass is 10.4. The lowest BCUT2D eigenvalue weighted by Gasteiger charge is -2.04. The number of sulfonamides is 1. The Hall–Kier alpha value is -1.25. The zero-order valence-corrected chi connectivity index (χ0v) is 11.0. The molecule has 8 heteroatoms. The molecule has 0 aliphatic heterocycles. The standard InChI is InChI=1S/C9H12N4O2S2/c1-7-9(5-10-13(7)2)17(14,15)12-4-8-3-11-16-6-8/h3,5-6,12H,4H2,1-2H3. The predicted molar refractivity (Wildman–Crippen MR) is 64.1 cm³/mol. The summed E-state index contributed by atoms with van der Waals surface area (Å²) >= 11 is 1.29. The van der Waals surface area contributed by atoms with E-state index in [2.05, 4.69) is 14.2 Å². The van der Waals surface area contributed by atoms with E-state index >= 15 is 0 Å². The maximum Gasteiger partial charge on any atom is 0.244 e. The summed E-state index contributed by atoms with van der Waals surface area (Å²) in [5.41, 5.74) is 1.46. The van der Waals surface area contributed by atoms with Crippen LogP contribution in [-0.2, 0) is 23.6 Å². The van der Waals surface area contributed by atoms with E-state index in [-0.39, 0.29) is 11.4 Å². The van der Waals surface area contributed by atoms with Crippen LogP contribution in [0.4, 0.5) is 0 Å². The topological polar surface area (TPSA) is 76.9 Å². The number of aromatic nitrogens is 3. The Labute approximate surface area is 104 Å². The van der Waals surface area contributed by atoms with Gasteiger partial charge >= 0.3 is 0 Å². The highest BCUT2D eigenvalue weighted by molar-refractivity contribution is 7.89. The smallest absolute Gasteiger partial charge is 0.244 e. The van der Waals surface area contributed by atoms with Gasteiger partial charge in [0.2, 0.25) is 10.0 Å². The van der Waals surface area contributed by atoms with Gasteiger partial charge in [-0.05, 0) is 24.0 Å². The highest BCUT2D eigenvalue weighted by Crippen LogP contribution is 2.13. The van der Waals surface area contributed by atoms with Crippen molar-refractivity contribution in [3.63, 3.8) is 0 Å². The monoisotopic (exact) mass is 272 g/mol. The number of aryl methyl sites for hydroxylation is 1. The summed E-state index contributed by atoms with van der Waals surface area (Å²) in [4.78, 5) is 0.211. The second kappa shape index (κ2) is 4.55. The lowest BCUT2D eigenvalue weighted by Crippen LogP contribution is -2.23. The molecule has 0 saturated heterocycles. The van der Waals surface area contributed by atoms with Crippen molar-refractivity contribution in [3.8, 4) is 0 Å². The fourth-order valence-corrected chi connectivity index (χ4v) is 3.07. The number of hydrogen-bond donors (Lipinski definition) is 1. The third kappa shape index (κ3) is 2.54. The molecule has 2 rings (SSSR count). The van der Waals surface area contributed by atoms with Crippen LogP contribution < -0.4 is 4.72 Å². The first kappa shape index (κ1) is 12.2. The average Bonchev–Trinajstić information content (AvgIpc) is 2.88. The van der Waals surface area contributed by atoms with E-state index in [9.17, 15) is 8.42 Å². The Morgan fingerprint density at radius 3 is 2.76 bits per heavy atom. The molecule has 0 atom stereocenters. The van der Waals surface area contributed by atoms with Crippen LogP contribution in [0.1, 0.15) is 11.3 Å². The van der Waals surface area contributed by atoms with Crippen molar-refractivity contribution in [3.05, 3.63) is 29.0 Å². The fraction of sp³-hybridized carbons (Fsp3) is 0.333. The van der Waals surface area contributed by atoms with Gasteiger partial charge in [0.15, 0.2) is 0 Å². The van der Waals surface area contributed by atoms with E-state index in [1.165, 1.54) is 22.4 Å². The summed E-state index contributed by atoms with van der Waals surface area (Å²) in [6.07, 6.45) is 2.99. The van der Waals surface area contributed by atoms with Gasteiger partial charge < -0.3 is 0 Å². The number of nitrogens with zero attached hydrogens (tertiary/aromatic N) is 3. The van der Waals surface area contributed by atoms with Gasteiger partial charge in [0.1, 0.15) is 4.90 Å². The zero-order chi connectivity index (χ0) is 12.5. The summed E-state index contributed by atoms with van der Waals surface area (Å²) in [6.45, 7) is 1.96. The Bertz CT molecular complexity index is 601. The predicted octanol–water partition coefficient (Wildman–Crippen LogP) is 0.664. The molecule has 0 bridgehead atoms. The Kier molecular flexibility index (Phi) is 3.27. The van der Waals surface area contributed by atoms with Crippen LogP contribution in [0.5, 0.6) is 0 Å². The molecule has 0 aromatic carbocycles. The van der Waals surface area contributed by atoms with Crippen molar-refractivity contribution in [1.29, 1.82) is 0 Å². The van der Waals surface area contributed by atoms with Gasteiger partial charge in [-0.25, -0.2) is 17.5 Å². The minimum absolute atomic E-state index is 0.211. The minimum atomic E-state index is -3.50. The van der Waals surface area contributed by atoms with Crippen LogP contribution >= 0.6 is 11.5 Å². The summed E-state index contributed by atoms with van der Waals surface area (Å²) in [6, 6.07) is 0. The van der Waals surface area contributed by atoms with E-state index in [0.717, 1.165) is 5.56 Å². The molecule has 92 valence electrons. The maximum absolute atomic E-state index is 12.0. The van der Waals surface area contributed by atoms with Crippen LogP contribution in [0.3, 0.4) is 0 Å². The molecule has 2 aromatic rings. The highest BCUT2D eigenvalue weighted by Gasteiger charge is 2.19. The van der Waals surface area contributed by atoms with Gasteiger partial charge in [-0.1, -0.05) is 0 Å². The minimum Gasteiger partial charge on any atom is -0.272 e. The van der Waals surface area contributed by atoms with Gasteiger partial charge in [0, 0.05) is 25.2 Å². The molecule has 2 heterocycles. The van der Waals surface area contributed by atoms with Gasteiger partial charge in [-0.15, -0.1) is 0 Å². The SMILES string of the molecule is Cc1c(S(=O)(=O)NCc2cnsc2)cnn1C. The number of nitrogens with one attached hydrogen (secondary N) is 1. The summed E-state index contributed by atoms with van der Waals surface area (Å²) in [5.74, 6) is 0. The molecule has 0 unspecified atom stereocenters. The molecule has 0 fully saturated rings. The quantitative estimate of drug-likeness (QED) is 0.887. The van der Waals surface area contributed by atoms with Crippen molar-refractivity contribution in [2.45, 2.75) is 18.4 Å². The fourth-order valence-electron chi connectivity index (χ4n) is 1.31. The molecular weight excluding hydrogens is 260 g/mol. The molecule has 0 radical (unpaired) electrons. The molecule has 17 heavy (non-hydrogen) atoms. The van der Waals surface area contributed by atoms with Gasteiger partial charge in [0.25, 0.3) is 0 Å². The Morgan fingerprint density at radius 1 is 1.47 bits per heavy atom. The largest absolute Gasteiger partial charge is 0.272 e. The number of hydrogen-bond acceptors (Lipinski definition) is 5. The molecule has 0 saturated carbocycles. The van der Waals surface area contributed by atoms with E-state index in [1.54, 1.807) is 25.5 Å². The molecule has 0 aliphatic rings. The van der Waals surface area contributed by atoms with E-state index in [4.69, 9.17) is 0 Å². The third-order valence-electron chi connectivity index (χ3n) is 2.43. The molecular formula is C9H12N4O2S2. The van der Waals surface area contributed by atoms with Crippen molar-refractivity contribution >= 4 is 21.6 Å². The van der Waals surface area contributed by atoms with Crippen LogP contribution in [0.2, 0.25) is 0 Å². The normalized spacial score (nSPS) is 11.9. The van der Waals surface area contributed by atoms with Crippen molar-refractivity contribution in [1.82, 2.24) is 18.9 Å². The molecule has 2 aromatic heterocycles. The Balaban J connectivity index is 2.17. The Morgan fingerprint density at radius 2 is 2.24 bits per heavy atom. The molecule has 1 N–H and O–H groups in total. The molecule has 0 aliphatic carbocycles. The lowest BCUT2D eigenvalue weighted by molar-refractivity contribution is 0.580. The van der Waals surface area contributed by atoms with Gasteiger partial charge in [-0.3, -0.25) is 4.68 Å². The number of rotatable bonds is 4. The van der Waals surface area contributed by atoms with Crippen LogP contribution in [0.15, 0.2) is 22.7 Å². The van der Waals surface area contributed by atoms with Crippen LogP contribution in [0, 0.1) is 6.92 Å². The third-order valence-corrected chi connectivity index (χ3v) is 4.57. The average molecular weight is 272 g/mol.